The molecular weight excluding hydrogens is 253 g/mol. The second-order valence-corrected chi connectivity index (χ2v) is 3.92. The number of benzene rings is 1. The molecule has 0 aliphatic rings. The standard InChI is InChI=1S/C9H7F3N4S/c10-9(11,12)7-15-8(17-16-7)14-6-3-1-2-5(13)4-6/h1-4H,13H2,(H,14,15,16). The number of nitrogens with zero attached hydrogens (tertiary/aromatic N) is 2. The van der Waals surface area contributed by atoms with E-state index in [4.69, 9.17) is 5.73 Å². The van der Waals surface area contributed by atoms with Crippen molar-refractivity contribution in [3.8, 4) is 0 Å². The molecule has 2 aromatic rings. The molecule has 1 heterocycles. The highest BCUT2D eigenvalue weighted by molar-refractivity contribution is 7.09. The monoisotopic (exact) mass is 260 g/mol. The lowest BCUT2D eigenvalue weighted by Gasteiger charge is -2.02. The molecule has 0 amide bonds. The second-order valence-electron chi connectivity index (χ2n) is 3.17. The van der Waals surface area contributed by atoms with Gasteiger partial charge in [0.05, 0.1) is 0 Å². The maximum Gasteiger partial charge on any atom is 0.452 e. The number of rotatable bonds is 2. The molecule has 1 aromatic heterocycles. The third-order valence-electron chi connectivity index (χ3n) is 1.82. The number of alkyl halides is 3. The summed E-state index contributed by atoms with van der Waals surface area (Å²) < 4.78 is 39.9. The molecule has 0 bridgehead atoms. The maximum atomic E-state index is 12.2. The highest BCUT2D eigenvalue weighted by Crippen LogP contribution is 2.30. The van der Waals surface area contributed by atoms with Gasteiger partial charge in [-0.15, -0.1) is 0 Å². The minimum atomic E-state index is -4.52. The van der Waals surface area contributed by atoms with E-state index in [0.29, 0.717) is 22.9 Å². The number of nitrogens with one attached hydrogen (secondary N) is 1. The smallest absolute Gasteiger partial charge is 0.399 e. The summed E-state index contributed by atoms with van der Waals surface area (Å²) in [4.78, 5) is 3.34. The van der Waals surface area contributed by atoms with Crippen LogP contribution < -0.4 is 11.1 Å². The first-order valence-electron chi connectivity index (χ1n) is 4.48. The normalized spacial score (nSPS) is 11.5. The number of nitrogen functional groups attached to an aromatic ring is 1. The van der Waals surface area contributed by atoms with E-state index in [1.54, 1.807) is 24.3 Å². The van der Waals surface area contributed by atoms with Crippen molar-refractivity contribution in [3.05, 3.63) is 30.1 Å². The Balaban J connectivity index is 2.17. The van der Waals surface area contributed by atoms with Crippen LogP contribution in [-0.2, 0) is 6.18 Å². The third-order valence-corrected chi connectivity index (χ3v) is 2.45. The molecule has 8 heteroatoms. The lowest BCUT2D eigenvalue weighted by atomic mass is 10.3. The molecule has 0 saturated heterocycles. The van der Waals surface area contributed by atoms with Crippen LogP contribution >= 0.6 is 11.5 Å². The van der Waals surface area contributed by atoms with Gasteiger partial charge in [0.2, 0.25) is 11.0 Å². The third kappa shape index (κ3) is 2.84. The van der Waals surface area contributed by atoms with Gasteiger partial charge in [0.25, 0.3) is 0 Å². The lowest BCUT2D eigenvalue weighted by Crippen LogP contribution is -2.07. The second kappa shape index (κ2) is 4.21. The Bertz CT molecular complexity index is 523. The molecule has 0 fully saturated rings. The molecule has 3 N–H and O–H groups in total. The van der Waals surface area contributed by atoms with Crippen molar-refractivity contribution in [2.45, 2.75) is 6.18 Å². The van der Waals surface area contributed by atoms with Crippen molar-refractivity contribution in [2.24, 2.45) is 0 Å². The number of hydrogen-bond acceptors (Lipinski definition) is 5. The fourth-order valence-corrected chi connectivity index (χ4v) is 1.74. The lowest BCUT2D eigenvalue weighted by molar-refractivity contribution is -0.144. The van der Waals surface area contributed by atoms with Crippen LogP contribution in [0.25, 0.3) is 0 Å². The highest BCUT2D eigenvalue weighted by Gasteiger charge is 2.36. The van der Waals surface area contributed by atoms with Gasteiger partial charge >= 0.3 is 6.18 Å². The van der Waals surface area contributed by atoms with E-state index in [1.165, 1.54) is 0 Å². The van der Waals surface area contributed by atoms with Gasteiger partial charge in [-0.1, -0.05) is 6.07 Å². The first-order valence-corrected chi connectivity index (χ1v) is 5.26. The molecule has 0 unspecified atom stereocenters. The summed E-state index contributed by atoms with van der Waals surface area (Å²) in [7, 11) is 0. The van der Waals surface area contributed by atoms with Crippen LogP contribution in [0.1, 0.15) is 5.82 Å². The van der Waals surface area contributed by atoms with Crippen molar-refractivity contribution in [1.82, 2.24) is 9.36 Å². The van der Waals surface area contributed by atoms with Crippen molar-refractivity contribution >= 4 is 28.0 Å². The fraction of sp³-hybridized carbons (Fsp3) is 0.111. The fourth-order valence-electron chi connectivity index (χ4n) is 1.13. The molecule has 4 nitrogen and oxygen atoms in total. The maximum absolute atomic E-state index is 12.2. The van der Waals surface area contributed by atoms with Gasteiger partial charge in [0, 0.05) is 22.9 Å². The number of halogens is 3. The minimum Gasteiger partial charge on any atom is -0.399 e. The van der Waals surface area contributed by atoms with Gasteiger partial charge in [-0.25, -0.2) is 0 Å². The van der Waals surface area contributed by atoms with Crippen LogP contribution in [0.2, 0.25) is 0 Å². The van der Waals surface area contributed by atoms with E-state index < -0.39 is 12.0 Å². The Morgan fingerprint density at radius 3 is 2.65 bits per heavy atom. The Kier molecular flexibility index (Phi) is 2.88. The first-order chi connectivity index (χ1) is 7.95. The van der Waals surface area contributed by atoms with E-state index in [1.807, 2.05) is 0 Å². The number of aromatic nitrogens is 2. The van der Waals surface area contributed by atoms with Gasteiger partial charge in [-0.2, -0.15) is 22.5 Å². The average molecular weight is 260 g/mol. The number of anilines is 3. The van der Waals surface area contributed by atoms with E-state index in [0.717, 1.165) is 0 Å². The molecule has 0 aliphatic heterocycles. The van der Waals surface area contributed by atoms with Crippen molar-refractivity contribution < 1.29 is 13.2 Å². The van der Waals surface area contributed by atoms with Crippen LogP contribution in [0.15, 0.2) is 24.3 Å². The van der Waals surface area contributed by atoms with E-state index in [9.17, 15) is 13.2 Å². The molecule has 17 heavy (non-hydrogen) atoms. The molecule has 90 valence electrons. The Morgan fingerprint density at radius 2 is 2.06 bits per heavy atom. The number of hydrogen-bond donors (Lipinski definition) is 2. The predicted octanol–water partition coefficient (Wildman–Crippen LogP) is 2.88. The molecule has 0 aliphatic carbocycles. The van der Waals surface area contributed by atoms with Gasteiger partial charge in [-0.05, 0) is 18.2 Å². The van der Waals surface area contributed by atoms with Crippen molar-refractivity contribution in [2.75, 3.05) is 11.1 Å². The molecular formula is C9H7F3N4S. The van der Waals surface area contributed by atoms with Gasteiger partial charge in [-0.3, -0.25) is 0 Å². The summed E-state index contributed by atoms with van der Waals surface area (Å²) in [6.07, 6.45) is -4.52. The largest absolute Gasteiger partial charge is 0.452 e. The Hall–Kier alpha value is -1.83. The predicted molar refractivity (Wildman–Crippen MR) is 59.0 cm³/mol. The zero-order valence-electron chi connectivity index (χ0n) is 8.32. The van der Waals surface area contributed by atoms with E-state index in [2.05, 4.69) is 14.7 Å². The first kappa shape index (κ1) is 11.6. The Labute approximate surface area is 98.5 Å². The average Bonchev–Trinajstić information content (AvgIpc) is 2.65. The van der Waals surface area contributed by atoms with Gasteiger partial charge in [0.1, 0.15) is 0 Å². The summed E-state index contributed by atoms with van der Waals surface area (Å²) in [5.41, 5.74) is 6.61. The Morgan fingerprint density at radius 1 is 1.29 bits per heavy atom. The summed E-state index contributed by atoms with van der Waals surface area (Å²) in [6.45, 7) is 0. The highest BCUT2D eigenvalue weighted by atomic mass is 32.1. The summed E-state index contributed by atoms with van der Waals surface area (Å²) >= 11 is 0.644. The van der Waals surface area contributed by atoms with Gasteiger partial charge in [0.15, 0.2) is 0 Å². The molecule has 1 aromatic carbocycles. The van der Waals surface area contributed by atoms with E-state index >= 15 is 0 Å². The molecule has 0 saturated carbocycles. The minimum absolute atomic E-state index is 0.0722. The number of nitrogens with two attached hydrogens (primary N) is 1. The molecule has 0 radical (unpaired) electrons. The zero-order chi connectivity index (χ0) is 12.5. The quantitative estimate of drug-likeness (QED) is 0.815. The summed E-state index contributed by atoms with van der Waals surface area (Å²) in [6, 6.07) is 6.62. The van der Waals surface area contributed by atoms with Crippen LogP contribution in [0.5, 0.6) is 0 Å². The molecule has 2 rings (SSSR count). The van der Waals surface area contributed by atoms with Crippen LogP contribution in [0, 0.1) is 0 Å². The van der Waals surface area contributed by atoms with Crippen molar-refractivity contribution in [3.63, 3.8) is 0 Å². The summed E-state index contributed by atoms with van der Waals surface area (Å²) in [5.74, 6) is -1.14. The van der Waals surface area contributed by atoms with Crippen LogP contribution in [0.3, 0.4) is 0 Å². The molecule has 0 atom stereocenters. The van der Waals surface area contributed by atoms with Crippen LogP contribution in [0.4, 0.5) is 29.7 Å². The van der Waals surface area contributed by atoms with Crippen molar-refractivity contribution in [1.29, 1.82) is 0 Å². The SMILES string of the molecule is Nc1cccc(Nc2nc(C(F)(F)F)ns2)c1. The summed E-state index contributed by atoms with van der Waals surface area (Å²) in [5, 5.41) is 2.77. The zero-order valence-corrected chi connectivity index (χ0v) is 9.14. The van der Waals surface area contributed by atoms with Gasteiger partial charge < -0.3 is 11.1 Å². The van der Waals surface area contributed by atoms with E-state index in [-0.39, 0.29) is 5.13 Å². The van der Waals surface area contributed by atoms with Crippen LogP contribution in [-0.4, -0.2) is 9.36 Å². The topological polar surface area (TPSA) is 63.8 Å². The molecule has 0 spiro atoms.